The number of carbonyl (C=O) groups is 4. The zero-order valence-electron chi connectivity index (χ0n) is 24.0. The number of nitrogens with two attached hydrogens (primary N) is 1. The van der Waals surface area contributed by atoms with E-state index >= 15 is 4.39 Å². The number of hydrogen-bond acceptors (Lipinski definition) is 11. The van der Waals surface area contributed by atoms with Gasteiger partial charge in [0, 0.05) is 29.2 Å². The standard InChI is InChI=1S/C29H35FN4O9/c1-33(2)22-15-9-12-8-14-16(30)10-17(32-18(35)11-34(43-3)13-6-4-5-7-13)23(36)20(14)24(37)19(12)26(39)29(15,42)27(40)21(25(22)38)28(31)41/h10,12-13,15,22,36-37,40,42H,4-9,11H2,1-3H3,(H2,31,41)(H,32,35)/t12-,15-,22-,29-/m0/s1. The van der Waals surface area contributed by atoms with E-state index in [1.807, 2.05) is 0 Å². The quantitative estimate of drug-likeness (QED) is 0.147. The molecule has 4 atom stereocenters. The molecule has 0 radical (unpaired) electrons. The number of fused-ring (bicyclic) bond motifs is 3. The molecular formula is C29H35FN4O9. The van der Waals surface area contributed by atoms with Gasteiger partial charge in [-0.05, 0) is 45.7 Å². The van der Waals surface area contributed by atoms with Gasteiger partial charge in [0.2, 0.25) is 11.7 Å². The summed E-state index contributed by atoms with van der Waals surface area (Å²) in [5.41, 5.74) is 0.224. The number of aliphatic hydroxyl groups is 3. The lowest BCUT2D eigenvalue weighted by molar-refractivity contribution is -0.166. The Balaban J connectivity index is 1.55. The number of anilines is 1. The molecule has 4 aliphatic carbocycles. The molecule has 13 nitrogen and oxygen atoms in total. The van der Waals surface area contributed by atoms with Crippen molar-refractivity contribution in [3.63, 3.8) is 0 Å². The number of nitrogens with one attached hydrogen (secondary N) is 1. The molecule has 1 aromatic carbocycles. The van der Waals surface area contributed by atoms with Crippen molar-refractivity contribution < 1.29 is 48.8 Å². The van der Waals surface area contributed by atoms with E-state index in [0.29, 0.717) is 0 Å². The third kappa shape index (κ3) is 4.69. The Bertz CT molecular complexity index is 1480. The van der Waals surface area contributed by atoms with Crippen LogP contribution in [-0.4, -0.2) is 99.2 Å². The first-order chi connectivity index (χ1) is 20.2. The molecule has 0 aliphatic heterocycles. The first kappa shape index (κ1) is 30.6. The summed E-state index contributed by atoms with van der Waals surface area (Å²) < 4.78 is 15.5. The van der Waals surface area contributed by atoms with Gasteiger partial charge in [-0.1, -0.05) is 12.8 Å². The van der Waals surface area contributed by atoms with Gasteiger partial charge in [0.05, 0.1) is 24.4 Å². The fourth-order valence-electron chi connectivity index (χ4n) is 7.23. The van der Waals surface area contributed by atoms with Gasteiger partial charge in [-0.2, -0.15) is 5.06 Å². The summed E-state index contributed by atoms with van der Waals surface area (Å²) in [5, 5.41) is 49.0. The van der Waals surface area contributed by atoms with Crippen molar-refractivity contribution in [3.8, 4) is 5.75 Å². The molecule has 232 valence electrons. The Morgan fingerprint density at radius 3 is 2.42 bits per heavy atom. The summed E-state index contributed by atoms with van der Waals surface area (Å²) in [6.45, 7) is -0.207. The van der Waals surface area contributed by atoms with Gasteiger partial charge in [0.25, 0.3) is 5.91 Å². The smallest absolute Gasteiger partial charge is 0.255 e. The van der Waals surface area contributed by atoms with Crippen LogP contribution in [0.4, 0.5) is 10.1 Å². The maximum absolute atomic E-state index is 15.5. The van der Waals surface area contributed by atoms with Crippen molar-refractivity contribution in [2.45, 2.75) is 56.2 Å². The SMILES string of the molecule is CON(CC(=O)Nc1cc(F)c2c(c1O)C(O)=C1C(=O)[C@]3(O)C(O)=C(C(N)=O)C(=O)[C@@H](N(C)C)[C@@H]3C[C@@H]1C2)C1CCCC1. The predicted octanol–water partition coefficient (Wildman–Crippen LogP) is 0.848. The van der Waals surface area contributed by atoms with Crippen LogP contribution in [0.3, 0.4) is 0 Å². The number of ketones is 2. The highest BCUT2D eigenvalue weighted by Gasteiger charge is 2.64. The van der Waals surface area contributed by atoms with Crippen molar-refractivity contribution in [2.24, 2.45) is 17.6 Å². The zero-order chi connectivity index (χ0) is 31.5. The first-order valence-electron chi connectivity index (χ1n) is 14.0. The van der Waals surface area contributed by atoms with Gasteiger partial charge in [0.1, 0.15) is 29.5 Å². The number of aliphatic hydroxyl groups excluding tert-OH is 2. The van der Waals surface area contributed by atoms with E-state index < -0.39 is 86.7 Å². The van der Waals surface area contributed by atoms with E-state index in [-0.39, 0.29) is 36.7 Å². The average Bonchev–Trinajstić information content (AvgIpc) is 3.46. The van der Waals surface area contributed by atoms with Gasteiger partial charge >= 0.3 is 0 Å². The summed E-state index contributed by atoms with van der Waals surface area (Å²) >= 11 is 0. The maximum Gasteiger partial charge on any atom is 0.255 e. The Labute approximate surface area is 246 Å². The van der Waals surface area contributed by atoms with Crippen molar-refractivity contribution in [3.05, 3.63) is 39.9 Å². The summed E-state index contributed by atoms with van der Waals surface area (Å²) in [4.78, 5) is 58.7. The van der Waals surface area contributed by atoms with Crippen LogP contribution < -0.4 is 11.1 Å². The Kier molecular flexibility index (Phi) is 7.84. The Morgan fingerprint density at radius 1 is 1.19 bits per heavy atom. The molecule has 0 saturated heterocycles. The highest BCUT2D eigenvalue weighted by molar-refractivity contribution is 6.24. The number of Topliss-reactive ketones (excluding diaryl/α,β-unsaturated/α-hetero) is 2. The number of phenolic OH excluding ortho intramolecular Hbond substituents is 1. The second-order valence-electron chi connectivity index (χ2n) is 11.8. The van der Waals surface area contributed by atoms with E-state index in [0.717, 1.165) is 31.7 Å². The van der Waals surface area contributed by atoms with Gasteiger partial charge in [-0.25, -0.2) is 4.39 Å². The molecule has 43 heavy (non-hydrogen) atoms. The number of halogens is 1. The third-order valence-corrected chi connectivity index (χ3v) is 9.21. The predicted molar refractivity (Wildman–Crippen MR) is 149 cm³/mol. The van der Waals surface area contributed by atoms with Crippen LogP contribution in [0, 0.1) is 17.7 Å². The summed E-state index contributed by atoms with van der Waals surface area (Å²) in [7, 11) is 4.41. The molecule has 0 heterocycles. The number of carbonyl (C=O) groups excluding carboxylic acids is 4. The van der Waals surface area contributed by atoms with Crippen LogP contribution in [0.1, 0.15) is 43.2 Å². The molecular weight excluding hydrogens is 567 g/mol. The molecule has 0 aromatic heterocycles. The number of likely N-dealkylation sites (N-methyl/N-ethyl adjacent to an activating group) is 1. The minimum atomic E-state index is -2.81. The van der Waals surface area contributed by atoms with Crippen LogP contribution in [-0.2, 0) is 30.4 Å². The lowest BCUT2D eigenvalue weighted by Crippen LogP contribution is -2.65. The van der Waals surface area contributed by atoms with Crippen molar-refractivity contribution >= 4 is 34.8 Å². The molecule has 0 unspecified atom stereocenters. The number of hydrogen-bond donors (Lipinski definition) is 6. The lowest BCUT2D eigenvalue weighted by atomic mass is 9.57. The number of primary amides is 1. The number of aromatic hydroxyl groups is 1. The first-order valence-corrected chi connectivity index (χ1v) is 14.0. The molecule has 0 spiro atoms. The molecule has 4 aliphatic rings. The highest BCUT2D eigenvalue weighted by atomic mass is 19.1. The number of rotatable bonds is 7. The van der Waals surface area contributed by atoms with E-state index in [9.17, 15) is 39.6 Å². The third-order valence-electron chi connectivity index (χ3n) is 9.21. The number of phenols is 1. The molecule has 14 heteroatoms. The average molecular weight is 603 g/mol. The van der Waals surface area contributed by atoms with Gasteiger partial charge in [-0.15, -0.1) is 0 Å². The molecule has 7 N–H and O–H groups in total. The highest BCUT2D eigenvalue weighted by Crippen LogP contribution is 2.53. The number of hydroxylamine groups is 2. The van der Waals surface area contributed by atoms with E-state index in [2.05, 4.69) is 5.32 Å². The number of amides is 2. The normalized spacial score (nSPS) is 27.5. The van der Waals surface area contributed by atoms with E-state index in [1.54, 1.807) is 0 Å². The van der Waals surface area contributed by atoms with Crippen LogP contribution in [0.5, 0.6) is 5.75 Å². The van der Waals surface area contributed by atoms with Gasteiger partial charge in [-0.3, -0.25) is 24.1 Å². The van der Waals surface area contributed by atoms with Crippen molar-refractivity contribution in [1.82, 2.24) is 9.96 Å². The number of nitrogens with zero attached hydrogens (tertiary/aromatic N) is 2. The fourth-order valence-corrected chi connectivity index (χ4v) is 7.23. The van der Waals surface area contributed by atoms with E-state index in [4.69, 9.17) is 10.6 Å². The fraction of sp³-hybridized carbons (Fsp3) is 0.517. The second kappa shape index (κ2) is 11.0. The number of benzene rings is 1. The van der Waals surface area contributed by atoms with Crippen LogP contribution in [0.2, 0.25) is 0 Å². The zero-order valence-corrected chi connectivity index (χ0v) is 24.0. The van der Waals surface area contributed by atoms with Crippen LogP contribution >= 0.6 is 0 Å². The van der Waals surface area contributed by atoms with Crippen molar-refractivity contribution in [1.29, 1.82) is 0 Å². The monoisotopic (exact) mass is 602 g/mol. The Hall–Kier alpha value is -3.85. The van der Waals surface area contributed by atoms with Crippen LogP contribution in [0.15, 0.2) is 23.0 Å². The molecule has 2 saturated carbocycles. The molecule has 1 aromatic rings. The van der Waals surface area contributed by atoms with E-state index in [1.165, 1.54) is 31.2 Å². The molecule has 2 fully saturated rings. The van der Waals surface area contributed by atoms with Crippen molar-refractivity contribution in [2.75, 3.05) is 33.1 Å². The van der Waals surface area contributed by atoms with Crippen LogP contribution in [0.25, 0.3) is 5.76 Å². The summed E-state index contributed by atoms with van der Waals surface area (Å²) in [6.07, 6.45) is 3.31. The Morgan fingerprint density at radius 2 is 1.84 bits per heavy atom. The van der Waals surface area contributed by atoms with Gasteiger partial charge < -0.3 is 36.3 Å². The minimum absolute atomic E-state index is 0.0324. The molecule has 0 bridgehead atoms. The summed E-state index contributed by atoms with van der Waals surface area (Å²) in [6, 6.07) is -0.299. The minimum Gasteiger partial charge on any atom is -0.508 e. The largest absolute Gasteiger partial charge is 0.508 e. The topological polar surface area (TPSA) is 203 Å². The van der Waals surface area contributed by atoms with Gasteiger partial charge in [0.15, 0.2) is 17.1 Å². The molecule has 2 amide bonds. The second-order valence-corrected chi connectivity index (χ2v) is 11.8. The summed E-state index contributed by atoms with van der Waals surface area (Å²) in [5.74, 6) is -9.90. The lowest BCUT2D eigenvalue weighted by Gasteiger charge is -2.50. The molecule has 5 rings (SSSR count). The maximum atomic E-state index is 15.5.